The molecule has 2 aromatic rings. The highest BCUT2D eigenvalue weighted by molar-refractivity contribution is 5.94. The molecule has 26 heavy (non-hydrogen) atoms. The lowest BCUT2D eigenvalue weighted by atomic mass is 10.0. The van der Waals surface area contributed by atoms with Crippen LogP contribution in [0.25, 0.3) is 0 Å². The summed E-state index contributed by atoms with van der Waals surface area (Å²) in [7, 11) is 0. The predicted molar refractivity (Wildman–Crippen MR) is 96.9 cm³/mol. The van der Waals surface area contributed by atoms with Crippen molar-refractivity contribution >= 4 is 5.91 Å². The second-order valence-corrected chi connectivity index (χ2v) is 7.66. The summed E-state index contributed by atoms with van der Waals surface area (Å²) in [6.45, 7) is 6.96. The van der Waals surface area contributed by atoms with E-state index < -0.39 is 0 Å². The highest BCUT2D eigenvalue weighted by Gasteiger charge is 2.28. The number of nitrogens with one attached hydrogen (secondary N) is 3. The monoisotopic (exact) mass is 357 g/mol. The Morgan fingerprint density at radius 1 is 1.23 bits per heavy atom. The largest absolute Gasteiger partial charge is 0.341 e. The molecule has 0 aromatic carbocycles. The van der Waals surface area contributed by atoms with Gasteiger partial charge < -0.3 is 15.2 Å². The number of H-pyrrole nitrogens is 1. The van der Waals surface area contributed by atoms with Crippen molar-refractivity contribution in [2.75, 3.05) is 13.1 Å². The van der Waals surface area contributed by atoms with Gasteiger partial charge in [0.15, 0.2) is 11.5 Å². The molecule has 8 nitrogen and oxygen atoms in total. The second kappa shape index (κ2) is 7.19. The first-order chi connectivity index (χ1) is 12.6. The van der Waals surface area contributed by atoms with Crippen molar-refractivity contribution < 1.29 is 4.79 Å². The van der Waals surface area contributed by atoms with E-state index in [1.807, 2.05) is 0 Å². The molecule has 0 spiro atoms. The minimum Gasteiger partial charge on any atom is -0.341 e. The Balaban J connectivity index is 1.59. The van der Waals surface area contributed by atoms with E-state index in [0.29, 0.717) is 11.6 Å². The van der Waals surface area contributed by atoms with Crippen molar-refractivity contribution in [1.29, 1.82) is 0 Å². The van der Waals surface area contributed by atoms with Gasteiger partial charge in [-0.15, -0.1) is 10.2 Å². The molecule has 0 bridgehead atoms. The lowest BCUT2D eigenvalue weighted by Crippen LogP contribution is -2.33. The van der Waals surface area contributed by atoms with Crippen LogP contribution in [0.5, 0.6) is 0 Å². The Morgan fingerprint density at radius 3 is 2.96 bits per heavy atom. The Labute approximate surface area is 153 Å². The molecule has 3 N–H and O–H groups in total. The highest BCUT2D eigenvalue weighted by Crippen LogP contribution is 2.25. The fraction of sp³-hybridized carbons (Fsp3) is 0.667. The SMILES string of the molecule is CC(C)CC(NC(=O)c1n[nH]c2c1CCC2)c1nnc2n1CCNCC2. The van der Waals surface area contributed by atoms with Gasteiger partial charge in [-0.25, -0.2) is 0 Å². The summed E-state index contributed by atoms with van der Waals surface area (Å²) in [5.41, 5.74) is 2.73. The molecule has 0 radical (unpaired) electrons. The number of carbonyl (C=O) groups is 1. The van der Waals surface area contributed by atoms with Crippen LogP contribution in [0.1, 0.15) is 66.1 Å². The van der Waals surface area contributed by atoms with Crippen LogP contribution >= 0.6 is 0 Å². The topological polar surface area (TPSA) is 101 Å². The van der Waals surface area contributed by atoms with Gasteiger partial charge in [0, 0.05) is 37.3 Å². The van der Waals surface area contributed by atoms with Crippen molar-refractivity contribution in [3.63, 3.8) is 0 Å². The maximum absolute atomic E-state index is 12.9. The van der Waals surface area contributed by atoms with Gasteiger partial charge in [0.2, 0.25) is 0 Å². The molecule has 4 rings (SSSR count). The number of rotatable bonds is 5. The third-order valence-electron chi connectivity index (χ3n) is 5.24. The number of aromatic amines is 1. The number of nitrogens with zero attached hydrogens (tertiary/aromatic N) is 4. The first-order valence-electron chi connectivity index (χ1n) is 9.63. The van der Waals surface area contributed by atoms with Gasteiger partial charge in [-0.3, -0.25) is 9.89 Å². The summed E-state index contributed by atoms with van der Waals surface area (Å²) in [6.07, 6.45) is 4.68. The molecule has 1 atom stereocenters. The average molecular weight is 357 g/mol. The molecular weight excluding hydrogens is 330 g/mol. The zero-order chi connectivity index (χ0) is 18.1. The maximum Gasteiger partial charge on any atom is 0.272 e. The third-order valence-corrected chi connectivity index (χ3v) is 5.24. The predicted octanol–water partition coefficient (Wildman–Crippen LogP) is 1.15. The molecule has 0 saturated heterocycles. The zero-order valence-electron chi connectivity index (χ0n) is 15.5. The van der Waals surface area contributed by atoms with Gasteiger partial charge in [0.25, 0.3) is 5.91 Å². The van der Waals surface area contributed by atoms with E-state index in [1.165, 1.54) is 0 Å². The van der Waals surface area contributed by atoms with E-state index in [1.54, 1.807) is 0 Å². The zero-order valence-corrected chi connectivity index (χ0v) is 15.5. The standard InChI is InChI=1S/C18H27N7O/c1-11(2)10-14(17-24-22-15-6-7-19-8-9-25(15)17)20-18(26)16-12-4-3-5-13(12)21-23-16/h11,14,19H,3-10H2,1-2H3,(H,20,26)(H,21,23). The number of amides is 1. The summed E-state index contributed by atoms with van der Waals surface area (Å²) in [6, 6.07) is -0.157. The Morgan fingerprint density at radius 2 is 2.12 bits per heavy atom. The van der Waals surface area contributed by atoms with Gasteiger partial charge in [0.1, 0.15) is 5.82 Å². The van der Waals surface area contributed by atoms with Crippen molar-refractivity contribution in [3.8, 4) is 0 Å². The lowest BCUT2D eigenvalue weighted by Gasteiger charge is -2.21. The third kappa shape index (κ3) is 3.25. The summed E-state index contributed by atoms with van der Waals surface area (Å²) in [5, 5.41) is 22.7. The van der Waals surface area contributed by atoms with Crippen LogP contribution in [0, 0.1) is 5.92 Å². The normalized spacial score (nSPS) is 17.7. The van der Waals surface area contributed by atoms with Crippen molar-refractivity contribution in [1.82, 2.24) is 35.6 Å². The molecule has 1 amide bonds. The molecule has 8 heteroatoms. The molecular formula is C18H27N7O. The van der Waals surface area contributed by atoms with Crippen LogP contribution in [0.2, 0.25) is 0 Å². The molecule has 1 unspecified atom stereocenters. The van der Waals surface area contributed by atoms with E-state index in [4.69, 9.17) is 0 Å². The molecule has 1 aliphatic heterocycles. The number of hydrogen-bond acceptors (Lipinski definition) is 5. The van der Waals surface area contributed by atoms with Crippen LogP contribution < -0.4 is 10.6 Å². The number of hydrogen-bond donors (Lipinski definition) is 3. The van der Waals surface area contributed by atoms with Gasteiger partial charge in [-0.1, -0.05) is 13.8 Å². The van der Waals surface area contributed by atoms with Crippen molar-refractivity contribution in [2.24, 2.45) is 5.92 Å². The van der Waals surface area contributed by atoms with Gasteiger partial charge in [-0.05, 0) is 31.6 Å². The van der Waals surface area contributed by atoms with E-state index in [2.05, 4.69) is 49.4 Å². The van der Waals surface area contributed by atoms with Crippen molar-refractivity contribution in [2.45, 2.75) is 58.5 Å². The summed E-state index contributed by atoms with van der Waals surface area (Å²) < 4.78 is 2.17. The molecule has 3 heterocycles. The molecule has 0 saturated carbocycles. The minimum absolute atomic E-state index is 0.112. The Bertz CT molecular complexity index is 792. The van der Waals surface area contributed by atoms with Crippen molar-refractivity contribution in [3.05, 3.63) is 28.6 Å². The van der Waals surface area contributed by atoms with E-state index >= 15 is 0 Å². The number of aryl methyl sites for hydroxylation is 1. The fourth-order valence-corrected chi connectivity index (χ4v) is 3.99. The van der Waals surface area contributed by atoms with Crippen LogP contribution in [0.15, 0.2) is 0 Å². The molecule has 2 aromatic heterocycles. The maximum atomic E-state index is 12.9. The fourth-order valence-electron chi connectivity index (χ4n) is 3.99. The van der Waals surface area contributed by atoms with E-state index in [-0.39, 0.29) is 11.9 Å². The minimum atomic E-state index is -0.157. The first-order valence-corrected chi connectivity index (χ1v) is 9.63. The summed E-state index contributed by atoms with van der Waals surface area (Å²) >= 11 is 0. The van der Waals surface area contributed by atoms with E-state index in [9.17, 15) is 4.79 Å². The average Bonchev–Trinajstić information content (AvgIpc) is 3.26. The number of fused-ring (bicyclic) bond motifs is 2. The number of aromatic nitrogens is 5. The van der Waals surface area contributed by atoms with E-state index in [0.717, 1.165) is 74.6 Å². The van der Waals surface area contributed by atoms with Gasteiger partial charge >= 0.3 is 0 Å². The molecule has 0 fully saturated rings. The molecule has 140 valence electrons. The number of carbonyl (C=O) groups excluding carboxylic acids is 1. The van der Waals surface area contributed by atoms with Gasteiger partial charge in [-0.2, -0.15) is 5.10 Å². The molecule has 1 aliphatic carbocycles. The molecule has 2 aliphatic rings. The van der Waals surface area contributed by atoms with Gasteiger partial charge in [0.05, 0.1) is 6.04 Å². The first kappa shape index (κ1) is 17.2. The smallest absolute Gasteiger partial charge is 0.272 e. The Kier molecular flexibility index (Phi) is 4.76. The summed E-state index contributed by atoms with van der Waals surface area (Å²) in [4.78, 5) is 12.9. The van der Waals surface area contributed by atoms with Crippen LogP contribution in [0.4, 0.5) is 0 Å². The van der Waals surface area contributed by atoms with Crippen LogP contribution in [-0.4, -0.2) is 44.0 Å². The lowest BCUT2D eigenvalue weighted by molar-refractivity contribution is 0.0923. The Hall–Kier alpha value is -2.22. The van der Waals surface area contributed by atoms with Crippen LogP contribution in [0.3, 0.4) is 0 Å². The quantitative estimate of drug-likeness (QED) is 0.745. The second-order valence-electron chi connectivity index (χ2n) is 7.66. The van der Waals surface area contributed by atoms with Crippen LogP contribution in [-0.2, 0) is 25.8 Å². The summed E-state index contributed by atoms with van der Waals surface area (Å²) in [5.74, 6) is 2.17. The highest BCUT2D eigenvalue weighted by atomic mass is 16.2.